The second-order valence-electron chi connectivity index (χ2n) is 3.83. The summed E-state index contributed by atoms with van der Waals surface area (Å²) in [5, 5.41) is 13.1. The van der Waals surface area contributed by atoms with Gasteiger partial charge in [-0.3, -0.25) is 0 Å². The zero-order valence-electron chi connectivity index (χ0n) is 11.7. The Hall–Kier alpha value is -1.05. The van der Waals surface area contributed by atoms with E-state index in [0.29, 0.717) is 24.9 Å². The van der Waals surface area contributed by atoms with Crippen molar-refractivity contribution in [2.24, 2.45) is 0 Å². The van der Waals surface area contributed by atoms with Crippen molar-refractivity contribution >= 4 is 23.4 Å². The summed E-state index contributed by atoms with van der Waals surface area (Å²) >= 11 is 1.50. The van der Waals surface area contributed by atoms with Crippen molar-refractivity contribution < 1.29 is 9.84 Å². The molecule has 0 amide bonds. The number of hydrogen-bond acceptors (Lipinski definition) is 7. The third-order valence-corrected chi connectivity index (χ3v) is 3.04. The largest absolute Gasteiger partial charge is 0.395 e. The first kappa shape index (κ1) is 16.0. The lowest BCUT2D eigenvalue weighted by atomic mass is 10.4. The van der Waals surface area contributed by atoms with Gasteiger partial charge >= 0.3 is 0 Å². The molecule has 1 aromatic rings. The molecule has 19 heavy (non-hydrogen) atoms. The molecule has 0 saturated heterocycles. The Bertz CT molecular complexity index is 379. The van der Waals surface area contributed by atoms with Crippen LogP contribution in [0.2, 0.25) is 0 Å². The quantitative estimate of drug-likeness (QED) is 0.520. The maximum Gasteiger partial charge on any atom is 0.191 e. The van der Waals surface area contributed by atoms with Crippen LogP contribution >= 0.6 is 11.8 Å². The van der Waals surface area contributed by atoms with E-state index in [2.05, 4.69) is 15.3 Å². The highest BCUT2D eigenvalue weighted by molar-refractivity contribution is 7.98. The summed E-state index contributed by atoms with van der Waals surface area (Å²) in [6.45, 7) is 4.72. The molecule has 2 N–H and O–H groups in total. The third-order valence-electron chi connectivity index (χ3n) is 2.49. The fourth-order valence-electron chi connectivity index (χ4n) is 1.60. The lowest BCUT2D eigenvalue weighted by Crippen LogP contribution is -2.31. The van der Waals surface area contributed by atoms with Gasteiger partial charge in [-0.15, -0.1) is 0 Å². The average molecular weight is 286 g/mol. The minimum Gasteiger partial charge on any atom is -0.395 e. The molecule has 0 aliphatic rings. The molecule has 6 nitrogen and oxygen atoms in total. The Labute approximate surface area is 118 Å². The van der Waals surface area contributed by atoms with Crippen LogP contribution < -0.4 is 10.2 Å². The van der Waals surface area contributed by atoms with E-state index in [4.69, 9.17) is 9.84 Å². The highest BCUT2D eigenvalue weighted by Gasteiger charge is 2.11. The second-order valence-corrected chi connectivity index (χ2v) is 4.61. The fraction of sp³-hybridized carbons (Fsp3) is 0.667. The number of hydrogen-bond donors (Lipinski definition) is 2. The molecule has 0 fully saturated rings. The summed E-state index contributed by atoms with van der Waals surface area (Å²) in [5.74, 6) is 1.61. The molecular formula is C12H22N4O2S. The van der Waals surface area contributed by atoms with Gasteiger partial charge < -0.3 is 20.1 Å². The first-order valence-corrected chi connectivity index (χ1v) is 7.49. The van der Waals surface area contributed by atoms with E-state index < -0.39 is 0 Å². The standard InChI is InChI=1S/C12H22N4O2S/c1-4-13-10-9-11(15-12(14-10)19-3)16(5-7-17)6-8-18-2/h9,17H,4-8H2,1-3H3,(H,13,14,15). The molecule has 1 rings (SSSR count). The van der Waals surface area contributed by atoms with E-state index >= 15 is 0 Å². The molecule has 0 aromatic carbocycles. The van der Waals surface area contributed by atoms with Crippen molar-refractivity contribution in [1.29, 1.82) is 0 Å². The van der Waals surface area contributed by atoms with Crippen LogP contribution in [0.5, 0.6) is 0 Å². The number of nitrogens with one attached hydrogen (secondary N) is 1. The topological polar surface area (TPSA) is 70.5 Å². The van der Waals surface area contributed by atoms with Crippen LogP contribution in [0.3, 0.4) is 0 Å². The van der Waals surface area contributed by atoms with Crippen molar-refractivity contribution in [2.45, 2.75) is 12.1 Å². The van der Waals surface area contributed by atoms with Gasteiger partial charge in [-0.25, -0.2) is 9.97 Å². The van der Waals surface area contributed by atoms with Gasteiger partial charge in [0.1, 0.15) is 11.6 Å². The highest BCUT2D eigenvalue weighted by Crippen LogP contribution is 2.20. The van der Waals surface area contributed by atoms with Crippen molar-refractivity contribution in [3.05, 3.63) is 6.07 Å². The SMILES string of the molecule is CCNc1cc(N(CCO)CCOC)nc(SC)n1. The van der Waals surface area contributed by atoms with Crippen molar-refractivity contribution in [1.82, 2.24) is 9.97 Å². The van der Waals surface area contributed by atoms with E-state index in [9.17, 15) is 0 Å². The zero-order valence-corrected chi connectivity index (χ0v) is 12.5. The molecule has 0 radical (unpaired) electrons. The Morgan fingerprint density at radius 3 is 2.79 bits per heavy atom. The Morgan fingerprint density at radius 1 is 1.42 bits per heavy atom. The van der Waals surface area contributed by atoms with Crippen LogP contribution in [0, 0.1) is 0 Å². The number of rotatable bonds is 9. The Kier molecular flexibility index (Phi) is 7.54. The smallest absolute Gasteiger partial charge is 0.191 e. The molecule has 7 heteroatoms. The zero-order chi connectivity index (χ0) is 14.1. The molecule has 0 aliphatic heterocycles. The summed E-state index contributed by atoms with van der Waals surface area (Å²) in [6.07, 6.45) is 1.94. The van der Waals surface area contributed by atoms with E-state index in [1.165, 1.54) is 11.8 Å². The molecule has 0 unspecified atom stereocenters. The number of aromatic nitrogens is 2. The van der Waals surface area contributed by atoms with Gasteiger partial charge in [0.25, 0.3) is 0 Å². The van der Waals surface area contributed by atoms with Gasteiger partial charge in [0.15, 0.2) is 5.16 Å². The maximum absolute atomic E-state index is 9.15. The van der Waals surface area contributed by atoms with Crippen LogP contribution in [0.4, 0.5) is 11.6 Å². The van der Waals surface area contributed by atoms with Crippen LogP contribution in [0.25, 0.3) is 0 Å². The van der Waals surface area contributed by atoms with Crippen LogP contribution in [0.15, 0.2) is 11.2 Å². The second kappa shape index (κ2) is 8.95. The summed E-state index contributed by atoms with van der Waals surface area (Å²) in [4.78, 5) is 10.9. The van der Waals surface area contributed by atoms with Crippen molar-refractivity contribution in [2.75, 3.05) is 56.4 Å². The van der Waals surface area contributed by atoms with Gasteiger partial charge in [0, 0.05) is 32.8 Å². The first-order chi connectivity index (χ1) is 9.24. The van der Waals surface area contributed by atoms with Crippen LogP contribution in [0.1, 0.15) is 6.92 Å². The molecule has 0 aliphatic carbocycles. The van der Waals surface area contributed by atoms with Gasteiger partial charge in [-0.2, -0.15) is 0 Å². The summed E-state index contributed by atoms with van der Waals surface area (Å²) in [6, 6.07) is 1.90. The normalized spacial score (nSPS) is 10.5. The molecular weight excluding hydrogens is 264 g/mol. The summed E-state index contributed by atoms with van der Waals surface area (Å²) < 4.78 is 5.09. The molecule has 1 aromatic heterocycles. The summed E-state index contributed by atoms with van der Waals surface area (Å²) in [5.41, 5.74) is 0. The van der Waals surface area contributed by atoms with Gasteiger partial charge in [-0.05, 0) is 13.2 Å². The fourth-order valence-corrected chi connectivity index (χ4v) is 1.98. The van der Waals surface area contributed by atoms with Crippen LogP contribution in [-0.4, -0.2) is 61.3 Å². The lowest BCUT2D eigenvalue weighted by molar-refractivity contribution is 0.202. The number of thioether (sulfide) groups is 1. The van der Waals surface area contributed by atoms with Crippen LogP contribution in [-0.2, 0) is 4.74 Å². The predicted octanol–water partition coefficient (Wildman–Crippen LogP) is 1.08. The van der Waals surface area contributed by atoms with Crippen molar-refractivity contribution in [3.63, 3.8) is 0 Å². The number of ether oxygens (including phenoxy) is 1. The number of anilines is 2. The third kappa shape index (κ3) is 5.22. The number of methoxy groups -OCH3 is 1. The monoisotopic (exact) mass is 286 g/mol. The van der Waals surface area contributed by atoms with Crippen molar-refractivity contribution in [3.8, 4) is 0 Å². The van der Waals surface area contributed by atoms with Gasteiger partial charge in [0.05, 0.1) is 13.2 Å². The average Bonchev–Trinajstić information content (AvgIpc) is 2.43. The first-order valence-electron chi connectivity index (χ1n) is 6.26. The maximum atomic E-state index is 9.15. The van der Waals surface area contributed by atoms with E-state index in [0.717, 1.165) is 18.2 Å². The summed E-state index contributed by atoms with van der Waals surface area (Å²) in [7, 11) is 1.66. The Balaban J connectivity index is 2.95. The van der Waals surface area contributed by atoms with Gasteiger partial charge in [-0.1, -0.05) is 11.8 Å². The minimum absolute atomic E-state index is 0.0822. The molecule has 1 heterocycles. The molecule has 0 saturated carbocycles. The number of aliphatic hydroxyl groups is 1. The molecule has 108 valence electrons. The van der Waals surface area contributed by atoms with E-state index in [1.807, 2.05) is 24.1 Å². The van der Waals surface area contributed by atoms with E-state index in [1.54, 1.807) is 7.11 Å². The Morgan fingerprint density at radius 2 is 2.21 bits per heavy atom. The minimum atomic E-state index is 0.0822. The predicted molar refractivity (Wildman–Crippen MR) is 79.2 cm³/mol. The lowest BCUT2D eigenvalue weighted by Gasteiger charge is -2.23. The molecule has 0 bridgehead atoms. The van der Waals surface area contributed by atoms with E-state index in [-0.39, 0.29) is 6.61 Å². The number of aliphatic hydroxyl groups excluding tert-OH is 1. The number of nitrogens with zero attached hydrogens (tertiary/aromatic N) is 3. The molecule has 0 atom stereocenters. The molecule has 0 spiro atoms. The highest BCUT2D eigenvalue weighted by atomic mass is 32.2. The van der Waals surface area contributed by atoms with Gasteiger partial charge in [0.2, 0.25) is 0 Å².